The summed E-state index contributed by atoms with van der Waals surface area (Å²) in [6.45, 7) is 1.19. The molecule has 1 atom stereocenters. The lowest BCUT2D eigenvalue weighted by atomic mass is 10.1. The van der Waals surface area contributed by atoms with Crippen LogP contribution in [0.25, 0.3) is 0 Å². The molecule has 130 valence electrons. The predicted molar refractivity (Wildman–Crippen MR) is 98.1 cm³/mol. The molecule has 1 aliphatic rings. The highest BCUT2D eigenvalue weighted by atomic mass is 32.2. The van der Waals surface area contributed by atoms with Crippen molar-refractivity contribution in [2.75, 3.05) is 25.1 Å². The zero-order chi connectivity index (χ0) is 18.6. The number of anilines is 1. The van der Waals surface area contributed by atoms with Crippen molar-refractivity contribution in [2.45, 2.75) is 11.6 Å². The number of ether oxygens (including phenoxy) is 1. The van der Waals surface area contributed by atoms with Crippen LogP contribution in [0.5, 0.6) is 5.75 Å². The standard InChI is InChI=1S/C18H19N3O3S/c1-21(16-4-2-3-9-19-16)10-11-24-14-7-5-13(6-8-14)12-15-17(22)20-18(23)25-15/h2-9,15H,10-12H2,1H3,(H,20,22,23)/t15-/m0/s1/i15D. The number of nitrogens with zero attached hydrogens (tertiary/aromatic N) is 2. The average Bonchev–Trinajstić information content (AvgIpc) is 2.88. The number of pyridine rings is 1. The summed E-state index contributed by atoms with van der Waals surface area (Å²) in [5.41, 5.74) is 0.801. The van der Waals surface area contributed by atoms with Gasteiger partial charge in [0, 0.05) is 13.2 Å². The molecule has 0 unspecified atom stereocenters. The minimum absolute atomic E-state index is 0.165. The van der Waals surface area contributed by atoms with E-state index in [4.69, 9.17) is 6.11 Å². The summed E-state index contributed by atoms with van der Waals surface area (Å²) in [6, 6.07) is 13.0. The van der Waals surface area contributed by atoms with Crippen LogP contribution in [0.4, 0.5) is 10.6 Å². The second-order valence-electron chi connectivity index (χ2n) is 5.55. The van der Waals surface area contributed by atoms with E-state index in [1.807, 2.05) is 42.3 Å². The van der Waals surface area contributed by atoms with Gasteiger partial charge in [-0.1, -0.05) is 30.0 Å². The van der Waals surface area contributed by atoms with E-state index < -0.39 is 16.4 Å². The molecule has 1 fully saturated rings. The first-order valence-electron chi connectivity index (χ1n) is 8.35. The molecular weight excluding hydrogens is 338 g/mol. The predicted octanol–water partition coefficient (Wildman–Crippen LogP) is 2.49. The molecule has 6 nitrogen and oxygen atoms in total. The van der Waals surface area contributed by atoms with Gasteiger partial charge in [0.2, 0.25) is 5.91 Å². The zero-order valence-electron chi connectivity index (χ0n) is 14.8. The number of imide groups is 1. The number of nitrogens with one attached hydrogen (secondary N) is 1. The summed E-state index contributed by atoms with van der Waals surface area (Å²) in [5, 5.41) is 0.189. The molecule has 2 aromatic rings. The molecule has 0 spiro atoms. The van der Waals surface area contributed by atoms with Crippen molar-refractivity contribution < 1.29 is 15.7 Å². The Balaban J connectivity index is 1.50. The van der Waals surface area contributed by atoms with Crippen molar-refractivity contribution in [3.8, 4) is 5.75 Å². The van der Waals surface area contributed by atoms with Crippen LogP contribution in [0.3, 0.4) is 0 Å². The number of carbonyl (C=O) groups is 2. The first-order chi connectivity index (χ1) is 12.5. The largest absolute Gasteiger partial charge is 0.492 e. The molecule has 1 aromatic carbocycles. The minimum atomic E-state index is -1.50. The Morgan fingerprint density at radius 2 is 2.08 bits per heavy atom. The number of thioether (sulfide) groups is 1. The van der Waals surface area contributed by atoms with Crippen molar-refractivity contribution in [1.29, 1.82) is 0 Å². The molecule has 2 heterocycles. The molecule has 25 heavy (non-hydrogen) atoms. The van der Waals surface area contributed by atoms with Crippen LogP contribution in [0.2, 0.25) is 0 Å². The van der Waals surface area contributed by atoms with E-state index in [1.54, 1.807) is 18.3 Å². The quantitative estimate of drug-likeness (QED) is 0.820. The fraction of sp³-hybridized carbons (Fsp3) is 0.278. The molecule has 0 aliphatic carbocycles. The molecule has 1 N–H and O–H groups in total. The number of amides is 2. The van der Waals surface area contributed by atoms with Gasteiger partial charge in [-0.25, -0.2) is 4.98 Å². The van der Waals surface area contributed by atoms with Crippen LogP contribution in [0.1, 0.15) is 6.93 Å². The summed E-state index contributed by atoms with van der Waals surface area (Å²) < 4.78 is 13.9. The van der Waals surface area contributed by atoms with Crippen molar-refractivity contribution in [2.24, 2.45) is 0 Å². The van der Waals surface area contributed by atoms with E-state index in [2.05, 4.69) is 10.3 Å². The monoisotopic (exact) mass is 358 g/mol. The van der Waals surface area contributed by atoms with E-state index in [-0.39, 0.29) is 6.42 Å². The number of hydrogen-bond acceptors (Lipinski definition) is 6. The summed E-state index contributed by atoms with van der Waals surface area (Å²) >= 11 is 0.714. The number of aromatic nitrogens is 1. The second-order valence-corrected chi connectivity index (χ2v) is 6.61. The summed E-state index contributed by atoms with van der Waals surface area (Å²) in [7, 11) is 1.95. The third kappa shape index (κ3) is 4.73. The smallest absolute Gasteiger partial charge is 0.286 e. The van der Waals surface area contributed by atoms with Crippen LogP contribution < -0.4 is 15.0 Å². The molecule has 0 radical (unpaired) electrons. The second kappa shape index (κ2) is 8.02. The maximum atomic E-state index is 11.7. The van der Waals surface area contributed by atoms with Gasteiger partial charge in [-0.2, -0.15) is 0 Å². The Morgan fingerprint density at radius 3 is 2.72 bits per heavy atom. The number of likely N-dealkylation sites (N-methyl/N-ethyl adjacent to an activating group) is 1. The van der Waals surface area contributed by atoms with Gasteiger partial charge >= 0.3 is 0 Å². The Morgan fingerprint density at radius 1 is 1.28 bits per heavy atom. The Labute approximate surface area is 152 Å². The van der Waals surface area contributed by atoms with E-state index >= 15 is 0 Å². The van der Waals surface area contributed by atoms with Gasteiger partial charge in [0.05, 0.1) is 13.1 Å². The first kappa shape index (κ1) is 16.0. The van der Waals surface area contributed by atoms with Gasteiger partial charge in [-0.15, -0.1) is 0 Å². The van der Waals surface area contributed by atoms with E-state index in [1.165, 1.54) is 0 Å². The maximum absolute atomic E-state index is 11.7. The zero-order valence-corrected chi connectivity index (χ0v) is 14.6. The van der Waals surface area contributed by atoms with Gasteiger partial charge in [0.15, 0.2) is 0 Å². The van der Waals surface area contributed by atoms with Crippen LogP contribution in [0.15, 0.2) is 48.7 Å². The van der Waals surface area contributed by atoms with Crippen LogP contribution in [0, 0.1) is 0 Å². The Bertz CT molecular complexity index is 788. The van der Waals surface area contributed by atoms with E-state index in [0.717, 1.165) is 11.4 Å². The molecular formula is C18H19N3O3S. The van der Waals surface area contributed by atoms with Gasteiger partial charge < -0.3 is 9.64 Å². The molecule has 0 saturated carbocycles. The fourth-order valence-electron chi connectivity index (χ4n) is 2.35. The Kier molecular flexibility index (Phi) is 5.12. The highest BCUT2D eigenvalue weighted by Crippen LogP contribution is 2.23. The first-order valence-corrected chi connectivity index (χ1v) is 8.66. The molecule has 3 rings (SSSR count). The van der Waals surface area contributed by atoms with Crippen molar-refractivity contribution in [3.05, 3.63) is 54.2 Å². The summed E-state index contributed by atoms with van der Waals surface area (Å²) in [6.07, 6.45) is 1.92. The normalized spacial score (nSPS) is 20.1. The van der Waals surface area contributed by atoms with Gasteiger partial charge in [-0.3, -0.25) is 14.9 Å². The maximum Gasteiger partial charge on any atom is 0.286 e. The highest BCUT2D eigenvalue weighted by Gasteiger charge is 2.31. The van der Waals surface area contributed by atoms with Crippen molar-refractivity contribution >= 4 is 28.7 Å². The topological polar surface area (TPSA) is 71.5 Å². The van der Waals surface area contributed by atoms with Gasteiger partial charge in [0.25, 0.3) is 5.24 Å². The molecule has 1 saturated heterocycles. The van der Waals surface area contributed by atoms with Crippen LogP contribution in [-0.4, -0.2) is 41.6 Å². The fourth-order valence-corrected chi connectivity index (χ4v) is 3.10. The minimum Gasteiger partial charge on any atom is -0.492 e. The summed E-state index contributed by atoms with van der Waals surface area (Å²) in [4.78, 5) is 29.3. The van der Waals surface area contributed by atoms with E-state index in [0.29, 0.717) is 30.7 Å². The third-order valence-corrected chi connectivity index (χ3v) is 4.57. The van der Waals surface area contributed by atoms with Gasteiger partial charge in [-0.05, 0) is 36.2 Å². The lowest BCUT2D eigenvalue weighted by Crippen LogP contribution is -2.25. The average molecular weight is 358 g/mol. The molecule has 1 aromatic heterocycles. The number of rotatable bonds is 7. The molecule has 1 aliphatic heterocycles. The lowest BCUT2D eigenvalue weighted by Gasteiger charge is -2.18. The lowest BCUT2D eigenvalue weighted by molar-refractivity contribution is -0.118. The SMILES string of the molecule is [2H][C@@]1(Cc2ccc(OCCN(C)c3ccccn3)cc2)SC(=O)NC1=O. The third-order valence-electron chi connectivity index (χ3n) is 3.71. The molecule has 7 heteroatoms. The number of benzene rings is 1. The van der Waals surface area contributed by atoms with Crippen molar-refractivity contribution in [1.82, 2.24) is 10.3 Å². The number of carbonyl (C=O) groups excluding carboxylic acids is 2. The molecule has 0 bridgehead atoms. The number of hydrogen-bond donors (Lipinski definition) is 1. The molecule has 2 amide bonds. The van der Waals surface area contributed by atoms with Crippen LogP contribution in [-0.2, 0) is 11.2 Å². The Hall–Kier alpha value is -2.54. The van der Waals surface area contributed by atoms with Crippen LogP contribution >= 0.6 is 11.8 Å². The van der Waals surface area contributed by atoms with Gasteiger partial charge in [0.1, 0.15) is 18.2 Å². The van der Waals surface area contributed by atoms with E-state index in [9.17, 15) is 9.59 Å². The van der Waals surface area contributed by atoms with Crippen molar-refractivity contribution in [3.63, 3.8) is 0 Å². The summed E-state index contributed by atoms with van der Waals surface area (Å²) in [5.74, 6) is 1.03. The highest BCUT2D eigenvalue weighted by molar-refractivity contribution is 8.15.